The first-order valence-electron chi connectivity index (χ1n) is 8.21. The van der Waals surface area contributed by atoms with E-state index in [1.807, 2.05) is 6.92 Å². The summed E-state index contributed by atoms with van der Waals surface area (Å²) in [5.41, 5.74) is 0.0267. The number of benzene rings is 2. The Balaban J connectivity index is 2.03. The van der Waals surface area contributed by atoms with Gasteiger partial charge in [-0.3, -0.25) is 4.79 Å². The first kappa shape index (κ1) is 19.6. The van der Waals surface area contributed by atoms with Crippen molar-refractivity contribution >= 4 is 34.9 Å². The van der Waals surface area contributed by atoms with Crippen molar-refractivity contribution in [1.29, 1.82) is 0 Å². The van der Waals surface area contributed by atoms with Crippen molar-refractivity contribution in [1.82, 2.24) is 5.32 Å². The molecule has 0 saturated heterocycles. The Morgan fingerprint density at radius 3 is 2.27 bits per heavy atom. The van der Waals surface area contributed by atoms with Crippen molar-refractivity contribution in [2.75, 3.05) is 17.2 Å². The van der Waals surface area contributed by atoms with Gasteiger partial charge < -0.3 is 20.7 Å². The SMILES string of the molecule is CCNC(=O)Nc1cccc(NC(=O)C(C)(C)Oc2ccc(Cl)cc2)c1. The van der Waals surface area contributed by atoms with Gasteiger partial charge in [-0.25, -0.2) is 4.79 Å². The molecule has 0 aliphatic rings. The highest BCUT2D eigenvalue weighted by atomic mass is 35.5. The van der Waals surface area contributed by atoms with E-state index >= 15 is 0 Å². The lowest BCUT2D eigenvalue weighted by Crippen LogP contribution is -2.42. The minimum atomic E-state index is -1.10. The monoisotopic (exact) mass is 375 g/mol. The molecule has 3 N–H and O–H groups in total. The summed E-state index contributed by atoms with van der Waals surface area (Å²) in [6.07, 6.45) is 0. The fourth-order valence-electron chi connectivity index (χ4n) is 2.14. The van der Waals surface area contributed by atoms with E-state index in [1.165, 1.54) is 0 Å². The van der Waals surface area contributed by atoms with Crippen molar-refractivity contribution < 1.29 is 14.3 Å². The van der Waals surface area contributed by atoms with Gasteiger partial charge in [-0.05, 0) is 63.2 Å². The second-order valence-electron chi connectivity index (χ2n) is 6.09. The molecule has 26 heavy (non-hydrogen) atoms. The van der Waals surface area contributed by atoms with Gasteiger partial charge >= 0.3 is 6.03 Å². The highest BCUT2D eigenvalue weighted by Crippen LogP contribution is 2.23. The fraction of sp³-hybridized carbons (Fsp3) is 0.263. The van der Waals surface area contributed by atoms with Crippen molar-refractivity contribution in [2.24, 2.45) is 0 Å². The predicted molar refractivity (Wildman–Crippen MR) is 104 cm³/mol. The van der Waals surface area contributed by atoms with Crippen LogP contribution in [0.25, 0.3) is 0 Å². The van der Waals surface area contributed by atoms with Crippen LogP contribution in [0.2, 0.25) is 5.02 Å². The molecule has 0 atom stereocenters. The summed E-state index contributed by atoms with van der Waals surface area (Å²) in [5, 5.41) is 8.73. The van der Waals surface area contributed by atoms with Gasteiger partial charge in [0.2, 0.25) is 0 Å². The third-order valence-electron chi connectivity index (χ3n) is 3.45. The van der Waals surface area contributed by atoms with Crippen molar-refractivity contribution in [2.45, 2.75) is 26.4 Å². The van der Waals surface area contributed by atoms with Crippen LogP contribution < -0.4 is 20.7 Å². The Hall–Kier alpha value is -2.73. The molecule has 6 nitrogen and oxygen atoms in total. The number of carbonyl (C=O) groups excluding carboxylic acids is 2. The molecule has 2 aromatic carbocycles. The largest absolute Gasteiger partial charge is 0.478 e. The van der Waals surface area contributed by atoms with E-state index in [0.717, 1.165) is 0 Å². The van der Waals surface area contributed by atoms with Crippen LogP contribution in [0.4, 0.5) is 16.2 Å². The predicted octanol–water partition coefficient (Wildman–Crippen LogP) is 4.28. The maximum Gasteiger partial charge on any atom is 0.319 e. The molecule has 0 aromatic heterocycles. The highest BCUT2D eigenvalue weighted by molar-refractivity contribution is 6.30. The Labute approximate surface area is 157 Å². The lowest BCUT2D eigenvalue weighted by Gasteiger charge is -2.25. The number of hydrogen-bond donors (Lipinski definition) is 3. The summed E-state index contributed by atoms with van der Waals surface area (Å²) in [5.74, 6) is 0.226. The molecule has 0 aliphatic carbocycles. The average molecular weight is 376 g/mol. The Morgan fingerprint density at radius 1 is 1.04 bits per heavy atom. The number of nitrogens with one attached hydrogen (secondary N) is 3. The van der Waals surface area contributed by atoms with Crippen LogP contribution in [0.1, 0.15) is 20.8 Å². The van der Waals surface area contributed by atoms with Crippen LogP contribution in [0.3, 0.4) is 0 Å². The van der Waals surface area contributed by atoms with Crippen LogP contribution in [-0.2, 0) is 4.79 Å². The zero-order valence-corrected chi connectivity index (χ0v) is 15.7. The molecule has 0 heterocycles. The molecule has 138 valence electrons. The molecule has 0 radical (unpaired) electrons. The van der Waals surface area contributed by atoms with E-state index in [2.05, 4.69) is 16.0 Å². The Bertz CT molecular complexity index is 776. The Morgan fingerprint density at radius 2 is 1.65 bits per heavy atom. The summed E-state index contributed by atoms with van der Waals surface area (Å²) in [7, 11) is 0. The van der Waals surface area contributed by atoms with E-state index in [-0.39, 0.29) is 11.9 Å². The molecule has 0 fully saturated rings. The zero-order valence-electron chi connectivity index (χ0n) is 14.9. The van der Waals surface area contributed by atoms with Crippen molar-refractivity contribution in [3.8, 4) is 5.75 Å². The molecule has 0 unspecified atom stereocenters. The molecular weight excluding hydrogens is 354 g/mol. The lowest BCUT2D eigenvalue weighted by molar-refractivity contribution is -0.128. The van der Waals surface area contributed by atoms with Crippen LogP contribution in [0.5, 0.6) is 5.75 Å². The molecule has 0 bridgehead atoms. The first-order valence-corrected chi connectivity index (χ1v) is 8.59. The molecule has 7 heteroatoms. The topological polar surface area (TPSA) is 79.5 Å². The number of ether oxygens (including phenoxy) is 1. The molecular formula is C19H22ClN3O3. The Kier molecular flexibility index (Phi) is 6.46. The van der Waals surface area contributed by atoms with Gasteiger partial charge in [0.05, 0.1) is 0 Å². The standard InChI is InChI=1S/C19H22ClN3O3/c1-4-21-18(25)23-15-7-5-6-14(12-15)22-17(24)19(2,3)26-16-10-8-13(20)9-11-16/h5-12H,4H2,1-3H3,(H,22,24)(H2,21,23,25). The lowest BCUT2D eigenvalue weighted by atomic mass is 10.1. The second-order valence-corrected chi connectivity index (χ2v) is 6.52. The van der Waals surface area contributed by atoms with E-state index < -0.39 is 5.60 Å². The van der Waals surface area contributed by atoms with Gasteiger partial charge in [-0.1, -0.05) is 17.7 Å². The number of hydrogen-bond acceptors (Lipinski definition) is 3. The third kappa shape index (κ3) is 5.67. The van der Waals surface area contributed by atoms with Gasteiger partial charge in [0, 0.05) is 22.9 Å². The van der Waals surface area contributed by atoms with Crippen LogP contribution in [-0.4, -0.2) is 24.1 Å². The van der Waals surface area contributed by atoms with Crippen LogP contribution in [0, 0.1) is 0 Å². The summed E-state index contributed by atoms with van der Waals surface area (Å²) < 4.78 is 5.77. The van der Waals surface area contributed by atoms with Gasteiger partial charge in [-0.15, -0.1) is 0 Å². The maximum atomic E-state index is 12.6. The molecule has 0 spiro atoms. The zero-order chi connectivity index (χ0) is 19.2. The number of carbonyl (C=O) groups is 2. The maximum absolute atomic E-state index is 12.6. The van der Waals surface area contributed by atoms with E-state index in [9.17, 15) is 9.59 Å². The van der Waals surface area contributed by atoms with E-state index in [4.69, 9.17) is 16.3 Å². The van der Waals surface area contributed by atoms with Gasteiger partial charge in [0.1, 0.15) is 5.75 Å². The highest BCUT2D eigenvalue weighted by Gasteiger charge is 2.30. The molecule has 3 amide bonds. The fourth-order valence-corrected chi connectivity index (χ4v) is 2.26. The third-order valence-corrected chi connectivity index (χ3v) is 3.70. The minimum Gasteiger partial charge on any atom is -0.478 e. The molecule has 0 aliphatic heterocycles. The number of halogens is 1. The summed E-state index contributed by atoms with van der Waals surface area (Å²) in [6.45, 7) is 5.71. The number of rotatable bonds is 6. The summed E-state index contributed by atoms with van der Waals surface area (Å²) in [6, 6.07) is 13.4. The van der Waals surface area contributed by atoms with Gasteiger partial charge in [0.25, 0.3) is 5.91 Å². The minimum absolute atomic E-state index is 0.303. The van der Waals surface area contributed by atoms with E-state index in [1.54, 1.807) is 62.4 Å². The number of anilines is 2. The molecule has 2 rings (SSSR count). The normalized spacial score (nSPS) is 10.8. The second kappa shape index (κ2) is 8.58. The average Bonchev–Trinajstić information content (AvgIpc) is 2.57. The van der Waals surface area contributed by atoms with Crippen LogP contribution >= 0.6 is 11.6 Å². The van der Waals surface area contributed by atoms with Gasteiger partial charge in [-0.2, -0.15) is 0 Å². The quantitative estimate of drug-likeness (QED) is 0.705. The molecule has 0 saturated carbocycles. The summed E-state index contributed by atoms with van der Waals surface area (Å²) >= 11 is 5.85. The first-order chi connectivity index (χ1) is 12.3. The molecule has 2 aromatic rings. The summed E-state index contributed by atoms with van der Waals surface area (Å²) in [4.78, 5) is 24.2. The van der Waals surface area contributed by atoms with E-state index in [0.29, 0.717) is 28.7 Å². The van der Waals surface area contributed by atoms with Crippen molar-refractivity contribution in [3.05, 3.63) is 53.6 Å². The number of amides is 3. The van der Waals surface area contributed by atoms with Gasteiger partial charge in [0.15, 0.2) is 5.60 Å². The number of urea groups is 1. The van der Waals surface area contributed by atoms with Crippen LogP contribution in [0.15, 0.2) is 48.5 Å². The smallest absolute Gasteiger partial charge is 0.319 e. The van der Waals surface area contributed by atoms with Crippen molar-refractivity contribution in [3.63, 3.8) is 0 Å².